The van der Waals surface area contributed by atoms with E-state index in [9.17, 15) is 48.3 Å². The Balaban J connectivity index is 3.32. The highest BCUT2D eigenvalue weighted by Crippen LogP contribution is 2.57. The van der Waals surface area contributed by atoms with Crippen molar-refractivity contribution in [2.75, 3.05) is 20.6 Å². The van der Waals surface area contributed by atoms with Crippen molar-refractivity contribution in [3.05, 3.63) is 30.3 Å². The van der Waals surface area contributed by atoms with Gasteiger partial charge in [-0.1, -0.05) is 18.2 Å². The number of para-hydroxylation sites is 1. The minimum atomic E-state index is -7.38. The molecule has 1 nitrogen and oxygen atoms in total. The van der Waals surface area contributed by atoms with Crippen LogP contribution in [0.3, 0.4) is 0 Å². The van der Waals surface area contributed by atoms with Crippen molar-refractivity contribution in [3.8, 4) is 0 Å². The molecular weight excluding hydrogens is 391 g/mol. The molecule has 0 saturated carbocycles. The summed E-state index contributed by atoms with van der Waals surface area (Å²) in [5.41, 5.74) is -0.0890. The molecule has 0 spiro atoms. The van der Waals surface area contributed by atoms with Gasteiger partial charge in [-0.2, -0.15) is 48.3 Å². The van der Waals surface area contributed by atoms with Crippen LogP contribution in [0.1, 0.15) is 0 Å². The number of hydrogen-bond acceptors (Lipinski definition) is 0. The van der Waals surface area contributed by atoms with E-state index in [2.05, 4.69) is 0 Å². The fourth-order valence-corrected chi connectivity index (χ4v) is 2.12. The van der Waals surface area contributed by atoms with Gasteiger partial charge in [-0.05, 0) is 12.1 Å². The third-order valence-corrected chi connectivity index (χ3v) is 3.65. The summed E-state index contributed by atoms with van der Waals surface area (Å²) in [6.07, 6.45) is -7.15. The molecule has 0 unspecified atom stereocenters. The van der Waals surface area contributed by atoms with Gasteiger partial charge in [-0.15, -0.1) is 0 Å². The van der Waals surface area contributed by atoms with Gasteiger partial charge in [0.1, 0.15) is 5.69 Å². The average molecular weight is 404 g/mol. The Hall–Kier alpha value is -1.59. The van der Waals surface area contributed by atoms with Crippen LogP contribution in [0.5, 0.6) is 0 Å². The standard InChI is InChI=1S/C14H13F11N/c1-26(2,9-6-4-3-5-7-9)8-10(15,16)11(17,18)12(19,20)13(21,22)14(23,24)25/h3-7H,8H2,1-2H3/q+1. The molecule has 0 aliphatic heterocycles. The predicted octanol–water partition coefficient (Wildman–Crippen LogP) is 5.36. The van der Waals surface area contributed by atoms with Gasteiger partial charge in [-0.25, -0.2) is 0 Å². The lowest BCUT2D eigenvalue weighted by Crippen LogP contribution is -2.69. The summed E-state index contributed by atoms with van der Waals surface area (Å²) in [5, 5.41) is 0. The summed E-state index contributed by atoms with van der Waals surface area (Å²) in [5.74, 6) is -27.6. The maximum Gasteiger partial charge on any atom is 0.460 e. The van der Waals surface area contributed by atoms with Crippen molar-refractivity contribution in [2.24, 2.45) is 0 Å². The fourth-order valence-electron chi connectivity index (χ4n) is 2.12. The minimum Gasteiger partial charge on any atom is -0.291 e. The zero-order chi connectivity index (χ0) is 20.8. The topological polar surface area (TPSA) is 0 Å². The Kier molecular flexibility index (Phi) is 5.39. The Bertz CT molecular complexity index is 620. The third-order valence-electron chi connectivity index (χ3n) is 3.65. The smallest absolute Gasteiger partial charge is 0.291 e. The fraction of sp³-hybridized carbons (Fsp3) is 0.571. The number of halogens is 11. The lowest BCUT2D eigenvalue weighted by Gasteiger charge is -2.40. The molecule has 1 aromatic rings. The van der Waals surface area contributed by atoms with Gasteiger partial charge in [0.05, 0.1) is 14.1 Å². The van der Waals surface area contributed by atoms with E-state index in [1.165, 1.54) is 18.2 Å². The first-order valence-electron chi connectivity index (χ1n) is 6.78. The Labute approximate surface area is 140 Å². The van der Waals surface area contributed by atoms with Crippen molar-refractivity contribution in [1.82, 2.24) is 4.48 Å². The lowest BCUT2D eigenvalue weighted by atomic mass is 9.97. The van der Waals surface area contributed by atoms with Gasteiger partial charge >= 0.3 is 29.9 Å². The summed E-state index contributed by atoms with van der Waals surface area (Å²) in [6, 6.07) is 6.36. The number of hydrogen-bond donors (Lipinski definition) is 0. The lowest BCUT2D eigenvalue weighted by molar-refractivity contribution is -0.422. The van der Waals surface area contributed by atoms with Crippen LogP contribution < -0.4 is 4.48 Å². The maximum atomic E-state index is 13.9. The normalized spacial score (nSPS) is 15.3. The summed E-state index contributed by atoms with van der Waals surface area (Å²) >= 11 is 0. The van der Waals surface area contributed by atoms with E-state index in [0.717, 1.165) is 26.2 Å². The van der Waals surface area contributed by atoms with E-state index in [1.54, 1.807) is 0 Å². The molecule has 0 amide bonds. The Morgan fingerprint density at radius 3 is 1.46 bits per heavy atom. The number of alkyl halides is 11. The van der Waals surface area contributed by atoms with Gasteiger partial charge in [0.2, 0.25) is 0 Å². The third kappa shape index (κ3) is 3.47. The molecule has 0 N–H and O–H groups in total. The van der Waals surface area contributed by atoms with Crippen molar-refractivity contribution in [3.63, 3.8) is 0 Å². The molecule has 26 heavy (non-hydrogen) atoms. The highest BCUT2D eigenvalue weighted by molar-refractivity contribution is 5.41. The molecule has 1 aromatic carbocycles. The first kappa shape index (κ1) is 22.5. The molecule has 0 radical (unpaired) electrons. The van der Waals surface area contributed by atoms with Gasteiger partial charge in [0.25, 0.3) is 0 Å². The quantitative estimate of drug-likeness (QED) is 0.443. The minimum absolute atomic E-state index is 0.0890. The Morgan fingerprint density at radius 2 is 1.08 bits per heavy atom. The van der Waals surface area contributed by atoms with Crippen LogP contribution in [0.2, 0.25) is 0 Å². The Morgan fingerprint density at radius 1 is 0.654 bits per heavy atom. The number of benzene rings is 1. The molecule has 0 bridgehead atoms. The molecule has 0 aliphatic carbocycles. The van der Waals surface area contributed by atoms with E-state index < -0.39 is 40.9 Å². The molecular formula is C14H13F11N+. The van der Waals surface area contributed by atoms with Gasteiger partial charge in [0.15, 0.2) is 6.54 Å². The maximum absolute atomic E-state index is 13.9. The van der Waals surface area contributed by atoms with Crippen molar-refractivity contribution < 1.29 is 48.3 Å². The van der Waals surface area contributed by atoms with E-state index in [0.29, 0.717) is 0 Å². The van der Waals surface area contributed by atoms with Crippen molar-refractivity contribution in [1.29, 1.82) is 0 Å². The van der Waals surface area contributed by atoms with Crippen LogP contribution in [0.25, 0.3) is 0 Å². The van der Waals surface area contributed by atoms with Crippen LogP contribution in [0.15, 0.2) is 30.3 Å². The van der Waals surface area contributed by atoms with Crippen LogP contribution in [0.4, 0.5) is 54.0 Å². The number of quaternary nitrogens is 1. The second kappa shape index (κ2) is 6.24. The molecule has 150 valence electrons. The molecule has 0 heterocycles. The van der Waals surface area contributed by atoms with Crippen LogP contribution >= 0.6 is 0 Å². The SMILES string of the molecule is C[N+](C)(CC(F)(F)C(F)(F)C(F)(F)C(F)(F)C(F)(F)F)c1ccccc1. The summed E-state index contributed by atoms with van der Waals surface area (Å²) < 4.78 is 142. The summed E-state index contributed by atoms with van der Waals surface area (Å²) in [7, 11) is 1.75. The molecule has 12 heteroatoms. The zero-order valence-electron chi connectivity index (χ0n) is 13.2. The molecule has 1 rings (SSSR count). The summed E-state index contributed by atoms with van der Waals surface area (Å²) in [6.45, 7) is -2.16. The monoisotopic (exact) mass is 404 g/mol. The predicted molar refractivity (Wildman–Crippen MR) is 70.8 cm³/mol. The average Bonchev–Trinajstić information content (AvgIpc) is 2.45. The highest BCUT2D eigenvalue weighted by atomic mass is 19.4. The molecule has 0 atom stereocenters. The first-order valence-corrected chi connectivity index (χ1v) is 6.78. The molecule has 0 saturated heterocycles. The van der Waals surface area contributed by atoms with E-state index in [-0.39, 0.29) is 5.69 Å². The van der Waals surface area contributed by atoms with Gasteiger partial charge in [-0.3, -0.25) is 4.48 Å². The second-order valence-electron chi connectivity index (χ2n) is 6.10. The van der Waals surface area contributed by atoms with Crippen LogP contribution in [-0.2, 0) is 0 Å². The highest BCUT2D eigenvalue weighted by Gasteiger charge is 2.87. The largest absolute Gasteiger partial charge is 0.460 e. The summed E-state index contributed by atoms with van der Waals surface area (Å²) in [4.78, 5) is 0. The van der Waals surface area contributed by atoms with Gasteiger partial charge < -0.3 is 0 Å². The van der Waals surface area contributed by atoms with E-state index in [1.807, 2.05) is 0 Å². The zero-order valence-corrected chi connectivity index (χ0v) is 13.2. The van der Waals surface area contributed by atoms with E-state index in [4.69, 9.17) is 0 Å². The first-order chi connectivity index (χ1) is 11.3. The molecule has 0 fully saturated rings. The number of nitrogens with zero attached hydrogens (tertiary/aromatic N) is 1. The van der Waals surface area contributed by atoms with Crippen molar-refractivity contribution >= 4 is 5.69 Å². The van der Waals surface area contributed by atoms with Gasteiger partial charge in [0, 0.05) is 0 Å². The second-order valence-corrected chi connectivity index (χ2v) is 6.10. The number of rotatable bonds is 6. The van der Waals surface area contributed by atoms with Crippen LogP contribution in [-0.4, -0.2) is 50.5 Å². The van der Waals surface area contributed by atoms with Crippen LogP contribution in [0, 0.1) is 0 Å². The molecule has 0 aromatic heterocycles. The van der Waals surface area contributed by atoms with Crippen molar-refractivity contribution in [2.45, 2.75) is 29.9 Å². The van der Waals surface area contributed by atoms with E-state index >= 15 is 0 Å². The molecule has 0 aliphatic rings.